The van der Waals surface area contributed by atoms with Crippen LogP contribution in [0.2, 0.25) is 0 Å². The van der Waals surface area contributed by atoms with Gasteiger partial charge in [0.2, 0.25) is 5.91 Å². The summed E-state index contributed by atoms with van der Waals surface area (Å²) < 4.78 is 1.06. The molecule has 1 amide bonds. The van der Waals surface area contributed by atoms with Gasteiger partial charge in [0, 0.05) is 16.0 Å². The van der Waals surface area contributed by atoms with E-state index in [4.69, 9.17) is 5.73 Å². The Morgan fingerprint density at radius 1 is 1.50 bits per heavy atom. The number of halogens is 1. The van der Waals surface area contributed by atoms with Crippen LogP contribution in [0.15, 0.2) is 24.3 Å². The molecule has 3 N–H and O–H groups in total. The summed E-state index contributed by atoms with van der Waals surface area (Å²) in [7, 11) is 0. The highest BCUT2D eigenvalue weighted by Gasteiger charge is 2.05. The van der Waals surface area contributed by atoms with E-state index in [0.717, 1.165) is 22.1 Å². The number of nitrogens with one attached hydrogen (secondary N) is 1. The van der Waals surface area contributed by atoms with E-state index < -0.39 is 0 Å². The van der Waals surface area contributed by atoms with Crippen molar-refractivity contribution >= 4 is 34.2 Å². The molecule has 0 saturated carbocycles. The molecule has 1 rings (SSSR count). The van der Waals surface area contributed by atoms with E-state index in [1.165, 1.54) is 0 Å². The number of para-hydroxylation sites is 1. The Kier molecular flexibility index (Phi) is 5.76. The van der Waals surface area contributed by atoms with E-state index >= 15 is 0 Å². The Morgan fingerprint density at radius 2 is 2.19 bits per heavy atom. The lowest BCUT2D eigenvalue weighted by atomic mass is 10.1. The minimum Gasteiger partial charge on any atom is -0.328 e. The second kappa shape index (κ2) is 6.85. The van der Waals surface area contributed by atoms with Crippen LogP contribution >= 0.6 is 22.6 Å². The fourth-order valence-electron chi connectivity index (χ4n) is 1.36. The van der Waals surface area contributed by atoms with Crippen LogP contribution < -0.4 is 11.1 Å². The van der Waals surface area contributed by atoms with Crippen molar-refractivity contribution in [3.8, 4) is 0 Å². The van der Waals surface area contributed by atoms with E-state index in [2.05, 4.69) is 27.9 Å². The second-order valence-electron chi connectivity index (χ2n) is 3.90. The maximum Gasteiger partial charge on any atom is 0.224 e. The maximum absolute atomic E-state index is 11.6. The molecule has 1 aromatic rings. The summed E-state index contributed by atoms with van der Waals surface area (Å²) >= 11 is 2.21. The van der Waals surface area contributed by atoms with Crippen LogP contribution in [-0.2, 0) is 4.79 Å². The van der Waals surface area contributed by atoms with Crippen LogP contribution in [-0.4, -0.2) is 11.9 Å². The summed E-state index contributed by atoms with van der Waals surface area (Å²) in [5.74, 6) is 0.0600. The van der Waals surface area contributed by atoms with Gasteiger partial charge in [0.05, 0.1) is 5.69 Å². The Bertz CT molecular complexity index is 353. The molecule has 0 heterocycles. The molecule has 0 spiro atoms. The van der Waals surface area contributed by atoms with Gasteiger partial charge in [-0.05, 0) is 54.5 Å². The van der Waals surface area contributed by atoms with Gasteiger partial charge in [-0.1, -0.05) is 12.1 Å². The zero-order chi connectivity index (χ0) is 12.0. The van der Waals surface area contributed by atoms with Crippen LogP contribution in [0, 0.1) is 3.57 Å². The maximum atomic E-state index is 11.6. The third-order valence-electron chi connectivity index (χ3n) is 2.21. The van der Waals surface area contributed by atoms with Gasteiger partial charge < -0.3 is 11.1 Å². The Morgan fingerprint density at radius 3 is 2.81 bits per heavy atom. The minimum atomic E-state index is 0.0600. The van der Waals surface area contributed by atoms with Crippen molar-refractivity contribution in [3.63, 3.8) is 0 Å². The monoisotopic (exact) mass is 332 g/mol. The molecule has 88 valence electrons. The molecule has 0 saturated heterocycles. The van der Waals surface area contributed by atoms with E-state index in [0.29, 0.717) is 6.42 Å². The molecule has 1 unspecified atom stereocenters. The molecule has 1 atom stereocenters. The summed E-state index contributed by atoms with van der Waals surface area (Å²) in [6.45, 7) is 1.96. The third-order valence-corrected chi connectivity index (χ3v) is 3.15. The fourth-order valence-corrected chi connectivity index (χ4v) is 1.88. The third kappa shape index (κ3) is 4.94. The lowest BCUT2D eigenvalue weighted by Gasteiger charge is -2.07. The van der Waals surface area contributed by atoms with Gasteiger partial charge in [0.15, 0.2) is 0 Å². The van der Waals surface area contributed by atoms with E-state index in [1.807, 2.05) is 31.2 Å². The average molecular weight is 332 g/mol. The predicted octanol–water partition coefficient (Wildman–Crippen LogP) is 2.75. The van der Waals surface area contributed by atoms with Crippen molar-refractivity contribution < 1.29 is 4.79 Å². The highest BCUT2D eigenvalue weighted by atomic mass is 127. The molecule has 0 aliphatic carbocycles. The summed E-state index contributed by atoms with van der Waals surface area (Å²) in [6, 6.07) is 7.92. The number of anilines is 1. The molecule has 3 nitrogen and oxygen atoms in total. The number of carbonyl (C=O) groups is 1. The first kappa shape index (κ1) is 13.4. The quantitative estimate of drug-likeness (QED) is 0.815. The van der Waals surface area contributed by atoms with E-state index in [-0.39, 0.29) is 11.9 Å². The van der Waals surface area contributed by atoms with Gasteiger partial charge in [0.25, 0.3) is 0 Å². The topological polar surface area (TPSA) is 55.1 Å². The SMILES string of the molecule is CC(N)CCCC(=O)Nc1ccccc1I. The van der Waals surface area contributed by atoms with Gasteiger partial charge in [-0.25, -0.2) is 0 Å². The van der Waals surface area contributed by atoms with Crippen LogP contribution in [0.3, 0.4) is 0 Å². The van der Waals surface area contributed by atoms with Crippen LogP contribution in [0.25, 0.3) is 0 Å². The molecule has 0 aliphatic heterocycles. The van der Waals surface area contributed by atoms with Crippen LogP contribution in [0.4, 0.5) is 5.69 Å². The lowest BCUT2D eigenvalue weighted by molar-refractivity contribution is -0.116. The Hall–Kier alpha value is -0.620. The number of hydrogen-bond acceptors (Lipinski definition) is 2. The van der Waals surface area contributed by atoms with Crippen molar-refractivity contribution in [2.45, 2.75) is 32.2 Å². The standard InChI is InChI=1S/C12H17IN2O/c1-9(14)5-4-8-12(16)15-11-7-3-2-6-10(11)13/h2-3,6-7,9H,4-5,8,14H2,1H3,(H,15,16). The molecular weight excluding hydrogens is 315 g/mol. The fraction of sp³-hybridized carbons (Fsp3) is 0.417. The predicted molar refractivity (Wildman–Crippen MR) is 75.3 cm³/mol. The van der Waals surface area contributed by atoms with Gasteiger partial charge in [-0.2, -0.15) is 0 Å². The molecule has 0 bridgehead atoms. The Labute approximate surface area is 110 Å². The summed E-state index contributed by atoms with van der Waals surface area (Å²) in [4.78, 5) is 11.6. The second-order valence-corrected chi connectivity index (χ2v) is 5.06. The van der Waals surface area contributed by atoms with Gasteiger partial charge in [-0.3, -0.25) is 4.79 Å². The first-order valence-electron chi connectivity index (χ1n) is 5.39. The average Bonchev–Trinajstić information content (AvgIpc) is 2.21. The van der Waals surface area contributed by atoms with Crippen molar-refractivity contribution in [2.24, 2.45) is 5.73 Å². The minimum absolute atomic E-state index is 0.0600. The molecule has 16 heavy (non-hydrogen) atoms. The van der Waals surface area contributed by atoms with Gasteiger partial charge in [-0.15, -0.1) is 0 Å². The number of rotatable bonds is 5. The largest absolute Gasteiger partial charge is 0.328 e. The van der Waals surface area contributed by atoms with E-state index in [9.17, 15) is 4.79 Å². The normalized spacial score (nSPS) is 12.2. The number of hydrogen-bond donors (Lipinski definition) is 2. The number of benzene rings is 1. The zero-order valence-corrected chi connectivity index (χ0v) is 11.5. The molecule has 4 heteroatoms. The van der Waals surface area contributed by atoms with Crippen molar-refractivity contribution in [1.29, 1.82) is 0 Å². The zero-order valence-electron chi connectivity index (χ0n) is 9.37. The van der Waals surface area contributed by atoms with E-state index in [1.54, 1.807) is 0 Å². The van der Waals surface area contributed by atoms with Crippen molar-refractivity contribution in [2.75, 3.05) is 5.32 Å². The van der Waals surface area contributed by atoms with Crippen LogP contribution in [0.5, 0.6) is 0 Å². The van der Waals surface area contributed by atoms with Gasteiger partial charge >= 0.3 is 0 Å². The molecule has 1 aromatic carbocycles. The van der Waals surface area contributed by atoms with Gasteiger partial charge in [0.1, 0.15) is 0 Å². The highest BCUT2D eigenvalue weighted by Crippen LogP contribution is 2.17. The van der Waals surface area contributed by atoms with Crippen LogP contribution in [0.1, 0.15) is 26.2 Å². The lowest BCUT2D eigenvalue weighted by Crippen LogP contribution is -2.17. The summed E-state index contributed by atoms with van der Waals surface area (Å²) in [5, 5.41) is 2.90. The molecule has 0 radical (unpaired) electrons. The number of nitrogens with two attached hydrogens (primary N) is 1. The first-order valence-corrected chi connectivity index (χ1v) is 6.47. The highest BCUT2D eigenvalue weighted by molar-refractivity contribution is 14.1. The summed E-state index contributed by atoms with van der Waals surface area (Å²) in [6.07, 6.45) is 2.26. The Balaban J connectivity index is 2.37. The van der Waals surface area contributed by atoms with Crippen molar-refractivity contribution in [1.82, 2.24) is 0 Å². The molecule has 0 aromatic heterocycles. The number of carbonyl (C=O) groups excluding carboxylic acids is 1. The molecule has 0 fully saturated rings. The molecule has 0 aliphatic rings. The summed E-state index contributed by atoms with van der Waals surface area (Å²) in [5.41, 5.74) is 6.51. The van der Waals surface area contributed by atoms with Crippen molar-refractivity contribution in [3.05, 3.63) is 27.8 Å². The smallest absolute Gasteiger partial charge is 0.224 e. The number of amides is 1. The molecular formula is C12H17IN2O. The first-order chi connectivity index (χ1) is 7.59.